The standard InChI is InChI=1S/C12H11ClN2O3/c1-6-3-10(18-2)7(4-8(6)13)9-5-14-11(15-9)12(16)17/h3-5H,1-2H3,(H,14,15)(H,16,17). The summed E-state index contributed by atoms with van der Waals surface area (Å²) in [5.74, 6) is -0.625. The summed E-state index contributed by atoms with van der Waals surface area (Å²) in [6, 6.07) is 3.51. The van der Waals surface area contributed by atoms with Gasteiger partial charge in [0, 0.05) is 10.6 Å². The molecule has 2 N–H and O–H groups in total. The number of imidazole rings is 1. The third kappa shape index (κ3) is 2.17. The lowest BCUT2D eigenvalue weighted by atomic mass is 10.1. The van der Waals surface area contributed by atoms with Crippen molar-refractivity contribution < 1.29 is 14.6 Å². The van der Waals surface area contributed by atoms with Crippen molar-refractivity contribution in [3.8, 4) is 17.0 Å². The molecule has 1 aromatic carbocycles. The molecule has 2 aromatic rings. The molecule has 5 nitrogen and oxygen atoms in total. The lowest BCUT2D eigenvalue weighted by Gasteiger charge is -2.09. The predicted octanol–water partition coefficient (Wildman–Crippen LogP) is 2.75. The minimum absolute atomic E-state index is 0.122. The van der Waals surface area contributed by atoms with Crippen LogP contribution in [0.3, 0.4) is 0 Å². The van der Waals surface area contributed by atoms with E-state index >= 15 is 0 Å². The van der Waals surface area contributed by atoms with Gasteiger partial charge in [0.05, 0.1) is 19.0 Å². The van der Waals surface area contributed by atoms with Gasteiger partial charge in [0.2, 0.25) is 5.82 Å². The van der Waals surface area contributed by atoms with E-state index in [9.17, 15) is 4.79 Å². The number of halogens is 1. The van der Waals surface area contributed by atoms with Crippen LogP contribution in [0.5, 0.6) is 5.75 Å². The van der Waals surface area contributed by atoms with Gasteiger partial charge < -0.3 is 14.8 Å². The summed E-state index contributed by atoms with van der Waals surface area (Å²) in [4.78, 5) is 17.2. The van der Waals surface area contributed by atoms with Crippen LogP contribution < -0.4 is 4.74 Å². The number of nitrogens with one attached hydrogen (secondary N) is 1. The molecule has 0 aliphatic rings. The van der Waals surface area contributed by atoms with Gasteiger partial charge in [-0.05, 0) is 24.6 Å². The maximum absolute atomic E-state index is 10.8. The van der Waals surface area contributed by atoms with E-state index in [0.717, 1.165) is 5.56 Å². The highest BCUT2D eigenvalue weighted by molar-refractivity contribution is 6.31. The molecule has 0 aliphatic heterocycles. The largest absolute Gasteiger partial charge is 0.496 e. The fraction of sp³-hybridized carbons (Fsp3) is 0.167. The number of carbonyl (C=O) groups is 1. The summed E-state index contributed by atoms with van der Waals surface area (Å²) in [7, 11) is 1.54. The second-order valence-corrected chi connectivity index (χ2v) is 4.16. The number of hydrogen-bond donors (Lipinski definition) is 2. The molecule has 18 heavy (non-hydrogen) atoms. The highest BCUT2D eigenvalue weighted by atomic mass is 35.5. The first kappa shape index (κ1) is 12.4. The number of carboxylic acids is 1. The quantitative estimate of drug-likeness (QED) is 0.896. The zero-order chi connectivity index (χ0) is 13.3. The molecule has 0 unspecified atom stereocenters. The van der Waals surface area contributed by atoms with Crippen LogP contribution >= 0.6 is 11.6 Å². The molecule has 6 heteroatoms. The van der Waals surface area contributed by atoms with Crippen LogP contribution in [0.25, 0.3) is 11.3 Å². The number of aromatic nitrogens is 2. The Labute approximate surface area is 108 Å². The lowest BCUT2D eigenvalue weighted by molar-refractivity contribution is 0.0685. The van der Waals surface area contributed by atoms with Crippen molar-refractivity contribution in [2.24, 2.45) is 0 Å². The minimum Gasteiger partial charge on any atom is -0.496 e. The van der Waals surface area contributed by atoms with Gasteiger partial charge in [0.1, 0.15) is 5.75 Å². The van der Waals surface area contributed by atoms with E-state index in [0.29, 0.717) is 22.0 Å². The average Bonchev–Trinajstić information content (AvgIpc) is 2.81. The smallest absolute Gasteiger partial charge is 0.371 e. The van der Waals surface area contributed by atoms with Gasteiger partial charge >= 0.3 is 5.97 Å². The van der Waals surface area contributed by atoms with Gasteiger partial charge in [-0.1, -0.05) is 11.6 Å². The maximum atomic E-state index is 10.8. The summed E-state index contributed by atoms with van der Waals surface area (Å²) in [5, 5.41) is 9.40. The van der Waals surface area contributed by atoms with E-state index < -0.39 is 5.97 Å². The van der Waals surface area contributed by atoms with Gasteiger partial charge in [-0.25, -0.2) is 9.78 Å². The van der Waals surface area contributed by atoms with E-state index in [1.807, 2.05) is 6.92 Å². The number of nitrogens with zero attached hydrogens (tertiary/aromatic N) is 1. The molecule has 2 rings (SSSR count). The van der Waals surface area contributed by atoms with Gasteiger partial charge in [-0.15, -0.1) is 0 Å². The second-order valence-electron chi connectivity index (χ2n) is 3.75. The third-order valence-electron chi connectivity index (χ3n) is 2.55. The monoisotopic (exact) mass is 266 g/mol. The summed E-state index contributed by atoms with van der Waals surface area (Å²) >= 11 is 6.06. The Morgan fingerprint density at radius 1 is 1.50 bits per heavy atom. The van der Waals surface area contributed by atoms with Crippen LogP contribution in [-0.2, 0) is 0 Å². The molecular formula is C12H11ClN2O3. The lowest BCUT2D eigenvalue weighted by Crippen LogP contribution is -1.98. The Kier molecular flexibility index (Phi) is 3.25. The number of aryl methyl sites for hydroxylation is 1. The first-order chi connectivity index (χ1) is 8.52. The molecule has 0 aliphatic carbocycles. The van der Waals surface area contributed by atoms with Crippen LogP contribution in [0, 0.1) is 6.92 Å². The number of rotatable bonds is 3. The fourth-order valence-corrected chi connectivity index (χ4v) is 1.76. The molecule has 0 spiro atoms. The van der Waals surface area contributed by atoms with Crippen molar-refractivity contribution in [3.05, 3.63) is 34.7 Å². The molecule has 94 valence electrons. The molecule has 0 radical (unpaired) electrons. The maximum Gasteiger partial charge on any atom is 0.371 e. The van der Waals surface area contributed by atoms with Gasteiger partial charge in [0.25, 0.3) is 0 Å². The van der Waals surface area contributed by atoms with Crippen LogP contribution in [-0.4, -0.2) is 28.2 Å². The number of methoxy groups -OCH3 is 1. The molecule has 1 heterocycles. The third-order valence-corrected chi connectivity index (χ3v) is 2.96. The van der Waals surface area contributed by atoms with Gasteiger partial charge in [-0.2, -0.15) is 0 Å². The first-order valence-electron chi connectivity index (χ1n) is 5.15. The van der Waals surface area contributed by atoms with E-state index in [4.69, 9.17) is 21.4 Å². The number of H-pyrrole nitrogens is 1. The number of benzene rings is 1. The van der Waals surface area contributed by atoms with Gasteiger partial charge in [0.15, 0.2) is 0 Å². The van der Waals surface area contributed by atoms with Crippen LogP contribution in [0.2, 0.25) is 5.02 Å². The Morgan fingerprint density at radius 2 is 2.22 bits per heavy atom. The SMILES string of the molecule is COc1cc(C)c(Cl)cc1-c1cnc(C(=O)O)[nH]1. The Bertz CT molecular complexity index is 607. The van der Waals surface area contributed by atoms with Crippen LogP contribution in [0.15, 0.2) is 18.3 Å². The molecule has 0 saturated heterocycles. The van der Waals surface area contributed by atoms with Crippen molar-refractivity contribution in [1.82, 2.24) is 9.97 Å². The van der Waals surface area contributed by atoms with Crippen molar-refractivity contribution in [2.45, 2.75) is 6.92 Å². The second kappa shape index (κ2) is 4.70. The number of aromatic carboxylic acids is 1. The number of ether oxygens (including phenoxy) is 1. The number of aromatic amines is 1. The molecule has 0 atom stereocenters. The molecule has 0 fully saturated rings. The normalized spacial score (nSPS) is 10.4. The van der Waals surface area contributed by atoms with E-state index in [2.05, 4.69) is 9.97 Å². The van der Waals surface area contributed by atoms with E-state index in [-0.39, 0.29) is 5.82 Å². The molecule has 0 bridgehead atoms. The fourth-order valence-electron chi connectivity index (χ4n) is 1.60. The van der Waals surface area contributed by atoms with E-state index in [1.165, 1.54) is 6.20 Å². The average molecular weight is 267 g/mol. The number of hydrogen-bond acceptors (Lipinski definition) is 3. The van der Waals surface area contributed by atoms with Crippen LogP contribution in [0.1, 0.15) is 16.2 Å². The minimum atomic E-state index is -1.11. The number of carboxylic acid groups (broad SMARTS) is 1. The highest BCUT2D eigenvalue weighted by Gasteiger charge is 2.14. The summed E-state index contributed by atoms with van der Waals surface area (Å²) < 4.78 is 5.25. The first-order valence-corrected chi connectivity index (χ1v) is 5.53. The topological polar surface area (TPSA) is 75.2 Å². The predicted molar refractivity (Wildman–Crippen MR) is 67.3 cm³/mol. The summed E-state index contributed by atoms with van der Waals surface area (Å²) in [6.45, 7) is 1.87. The van der Waals surface area contributed by atoms with Crippen molar-refractivity contribution in [2.75, 3.05) is 7.11 Å². The van der Waals surface area contributed by atoms with Crippen molar-refractivity contribution in [1.29, 1.82) is 0 Å². The Morgan fingerprint density at radius 3 is 2.78 bits per heavy atom. The molecular weight excluding hydrogens is 256 g/mol. The van der Waals surface area contributed by atoms with Crippen LogP contribution in [0.4, 0.5) is 0 Å². The van der Waals surface area contributed by atoms with Crippen molar-refractivity contribution >= 4 is 17.6 Å². The molecule has 1 aromatic heterocycles. The van der Waals surface area contributed by atoms with Gasteiger partial charge in [-0.3, -0.25) is 0 Å². The van der Waals surface area contributed by atoms with E-state index in [1.54, 1.807) is 19.2 Å². The summed E-state index contributed by atoms with van der Waals surface area (Å²) in [6.07, 6.45) is 1.44. The Balaban J connectivity index is 2.55. The zero-order valence-corrected chi connectivity index (χ0v) is 10.6. The highest BCUT2D eigenvalue weighted by Crippen LogP contribution is 2.33. The molecule has 0 amide bonds. The zero-order valence-electron chi connectivity index (χ0n) is 9.82. The molecule has 0 saturated carbocycles. The summed E-state index contributed by atoms with van der Waals surface area (Å²) in [5.41, 5.74) is 2.11. The van der Waals surface area contributed by atoms with Crippen molar-refractivity contribution in [3.63, 3.8) is 0 Å². The Hall–Kier alpha value is -2.01.